The molecule has 0 fully saturated rings. The molecule has 2 N–H and O–H groups in total. The molecule has 2 rings (SSSR count). The van der Waals surface area contributed by atoms with Crippen molar-refractivity contribution in [2.45, 2.75) is 32.9 Å². The Hall–Kier alpha value is -2.24. The molecule has 0 saturated heterocycles. The van der Waals surface area contributed by atoms with Crippen LogP contribution in [0.3, 0.4) is 0 Å². The predicted molar refractivity (Wildman–Crippen MR) is 76.8 cm³/mol. The predicted octanol–water partition coefficient (Wildman–Crippen LogP) is 1.69. The molecule has 0 bridgehead atoms. The molecule has 20 heavy (non-hydrogen) atoms. The zero-order valence-corrected chi connectivity index (χ0v) is 11.9. The quantitative estimate of drug-likeness (QED) is 0.896. The first-order valence-corrected chi connectivity index (χ1v) is 6.49. The summed E-state index contributed by atoms with van der Waals surface area (Å²) in [5.74, 6) is 0. The van der Waals surface area contributed by atoms with Gasteiger partial charge in [-0.2, -0.15) is 0 Å². The molecule has 0 spiro atoms. The van der Waals surface area contributed by atoms with Crippen LogP contribution in [-0.4, -0.2) is 22.7 Å². The molecule has 0 aliphatic heterocycles. The second-order valence-corrected chi connectivity index (χ2v) is 5.65. The number of hydrogen-bond donors (Lipinski definition) is 2. The fraction of sp³-hybridized carbons (Fsp3) is 0.429. The Kier molecular flexibility index (Phi) is 3.83. The maximum atomic E-state index is 12.0. The maximum Gasteiger partial charge on any atom is 0.315 e. The summed E-state index contributed by atoms with van der Waals surface area (Å²) in [6.45, 7) is 6.48. The van der Waals surface area contributed by atoms with E-state index in [9.17, 15) is 9.59 Å². The number of nitrogens with zero attached hydrogens (tertiary/aromatic N) is 1. The highest BCUT2D eigenvalue weighted by Gasteiger charge is 2.13. The summed E-state index contributed by atoms with van der Waals surface area (Å²) in [5.41, 5.74) is -0.134. The Morgan fingerprint density at radius 3 is 2.80 bits per heavy atom. The minimum Gasteiger partial charge on any atom is -0.459 e. The van der Waals surface area contributed by atoms with Gasteiger partial charge in [0, 0.05) is 30.2 Å². The number of nitrogens with one attached hydrogen (secondary N) is 2. The standard InChI is InChI=1S/C14H19N3O3/c1-14(2,3)16-13(19)15-6-8-17-7-4-10-5-9-20-11(10)12(17)18/h4-5,7,9H,6,8H2,1-3H3,(H2,15,16,19). The third-order valence-corrected chi connectivity index (χ3v) is 2.71. The Bertz CT molecular complexity index is 664. The Labute approximate surface area is 116 Å². The summed E-state index contributed by atoms with van der Waals surface area (Å²) in [4.78, 5) is 23.6. The summed E-state index contributed by atoms with van der Waals surface area (Å²) in [7, 11) is 0. The molecule has 0 atom stereocenters. The lowest BCUT2D eigenvalue weighted by Gasteiger charge is -2.20. The minimum atomic E-state index is -0.284. The van der Waals surface area contributed by atoms with E-state index in [4.69, 9.17) is 4.42 Å². The van der Waals surface area contributed by atoms with E-state index in [-0.39, 0.29) is 17.1 Å². The lowest BCUT2D eigenvalue weighted by molar-refractivity contribution is 0.231. The van der Waals surface area contributed by atoms with Crippen LogP contribution in [0.5, 0.6) is 0 Å². The first kappa shape index (κ1) is 14.2. The number of carbonyl (C=O) groups excluding carboxylic acids is 1. The van der Waals surface area contributed by atoms with Crippen molar-refractivity contribution in [1.82, 2.24) is 15.2 Å². The van der Waals surface area contributed by atoms with E-state index >= 15 is 0 Å². The summed E-state index contributed by atoms with van der Waals surface area (Å²) in [5, 5.41) is 6.29. The molecule has 2 heterocycles. The van der Waals surface area contributed by atoms with Crippen molar-refractivity contribution in [1.29, 1.82) is 0 Å². The molecule has 0 aromatic carbocycles. The molecule has 108 valence electrons. The van der Waals surface area contributed by atoms with Gasteiger partial charge in [-0.15, -0.1) is 0 Å². The lowest BCUT2D eigenvalue weighted by atomic mass is 10.1. The second kappa shape index (κ2) is 5.40. The van der Waals surface area contributed by atoms with Crippen molar-refractivity contribution in [2.75, 3.05) is 6.54 Å². The first-order chi connectivity index (χ1) is 9.37. The van der Waals surface area contributed by atoms with E-state index in [2.05, 4.69) is 10.6 Å². The van der Waals surface area contributed by atoms with Gasteiger partial charge in [0.2, 0.25) is 0 Å². The molecule has 0 aliphatic carbocycles. The van der Waals surface area contributed by atoms with Gasteiger partial charge in [-0.05, 0) is 32.9 Å². The van der Waals surface area contributed by atoms with Gasteiger partial charge in [-0.25, -0.2) is 4.79 Å². The largest absolute Gasteiger partial charge is 0.459 e. The SMILES string of the molecule is CC(C)(C)NC(=O)NCCn1ccc2ccoc2c1=O. The molecule has 0 radical (unpaired) electrons. The van der Waals surface area contributed by atoms with Crippen LogP contribution in [0.15, 0.2) is 33.8 Å². The average molecular weight is 277 g/mol. The molecule has 0 aliphatic rings. The maximum absolute atomic E-state index is 12.0. The number of hydrogen-bond acceptors (Lipinski definition) is 3. The van der Waals surface area contributed by atoms with Crippen LogP contribution in [0.4, 0.5) is 4.79 Å². The fourth-order valence-corrected chi connectivity index (χ4v) is 1.84. The zero-order valence-electron chi connectivity index (χ0n) is 11.9. The molecule has 2 aromatic heterocycles. The van der Waals surface area contributed by atoms with Crippen LogP contribution in [0.25, 0.3) is 11.0 Å². The van der Waals surface area contributed by atoms with E-state index in [1.807, 2.05) is 26.8 Å². The fourth-order valence-electron chi connectivity index (χ4n) is 1.84. The normalized spacial score (nSPS) is 11.6. The van der Waals surface area contributed by atoms with Crippen molar-refractivity contribution in [3.63, 3.8) is 0 Å². The van der Waals surface area contributed by atoms with E-state index in [1.54, 1.807) is 12.3 Å². The third kappa shape index (κ3) is 3.40. The monoisotopic (exact) mass is 277 g/mol. The second-order valence-electron chi connectivity index (χ2n) is 5.65. The van der Waals surface area contributed by atoms with Gasteiger partial charge in [0.15, 0.2) is 5.58 Å². The molecule has 6 heteroatoms. The van der Waals surface area contributed by atoms with E-state index < -0.39 is 0 Å². The van der Waals surface area contributed by atoms with Gasteiger partial charge in [-0.3, -0.25) is 4.79 Å². The molecule has 0 saturated carbocycles. The van der Waals surface area contributed by atoms with Gasteiger partial charge in [0.05, 0.1) is 6.26 Å². The number of fused-ring (bicyclic) bond motifs is 1. The summed E-state index contributed by atoms with van der Waals surface area (Å²) in [6.07, 6.45) is 3.19. The van der Waals surface area contributed by atoms with Crippen LogP contribution in [0, 0.1) is 0 Å². The Morgan fingerprint density at radius 2 is 2.10 bits per heavy atom. The van der Waals surface area contributed by atoms with Gasteiger partial charge >= 0.3 is 6.03 Å². The molecule has 2 aromatic rings. The Balaban J connectivity index is 1.95. The van der Waals surface area contributed by atoms with Crippen molar-refractivity contribution < 1.29 is 9.21 Å². The van der Waals surface area contributed by atoms with Gasteiger partial charge in [0.1, 0.15) is 0 Å². The van der Waals surface area contributed by atoms with E-state index in [0.717, 1.165) is 5.39 Å². The molecular formula is C14H19N3O3. The number of urea groups is 1. The molecule has 0 unspecified atom stereocenters. The van der Waals surface area contributed by atoms with Gasteiger partial charge in [0.25, 0.3) is 5.56 Å². The number of carbonyl (C=O) groups is 1. The number of pyridine rings is 1. The van der Waals surface area contributed by atoms with Crippen LogP contribution in [0.2, 0.25) is 0 Å². The lowest BCUT2D eigenvalue weighted by Crippen LogP contribution is -2.47. The summed E-state index contributed by atoms with van der Waals surface area (Å²) >= 11 is 0. The van der Waals surface area contributed by atoms with E-state index in [0.29, 0.717) is 18.7 Å². The van der Waals surface area contributed by atoms with Crippen molar-refractivity contribution >= 4 is 17.0 Å². The number of rotatable bonds is 3. The highest BCUT2D eigenvalue weighted by atomic mass is 16.3. The highest BCUT2D eigenvalue weighted by molar-refractivity contribution is 5.75. The van der Waals surface area contributed by atoms with Crippen LogP contribution < -0.4 is 16.2 Å². The number of aromatic nitrogens is 1. The minimum absolute atomic E-state index is 0.189. The molecule has 6 nitrogen and oxygen atoms in total. The number of furan rings is 1. The van der Waals surface area contributed by atoms with E-state index in [1.165, 1.54) is 10.8 Å². The Morgan fingerprint density at radius 1 is 1.35 bits per heavy atom. The first-order valence-electron chi connectivity index (χ1n) is 6.49. The zero-order chi connectivity index (χ0) is 14.8. The topological polar surface area (TPSA) is 76.3 Å². The van der Waals surface area contributed by atoms with Crippen LogP contribution >= 0.6 is 0 Å². The van der Waals surface area contributed by atoms with Crippen LogP contribution in [-0.2, 0) is 6.54 Å². The summed E-state index contributed by atoms with van der Waals surface area (Å²) < 4.78 is 6.67. The smallest absolute Gasteiger partial charge is 0.315 e. The highest BCUT2D eigenvalue weighted by Crippen LogP contribution is 2.09. The van der Waals surface area contributed by atoms with Gasteiger partial charge in [-0.1, -0.05) is 0 Å². The molecular weight excluding hydrogens is 258 g/mol. The average Bonchev–Trinajstić information content (AvgIpc) is 2.78. The van der Waals surface area contributed by atoms with Crippen molar-refractivity contribution in [2.24, 2.45) is 0 Å². The third-order valence-electron chi connectivity index (χ3n) is 2.71. The van der Waals surface area contributed by atoms with Crippen LogP contribution in [0.1, 0.15) is 20.8 Å². The number of amides is 2. The van der Waals surface area contributed by atoms with Gasteiger partial charge < -0.3 is 19.6 Å². The summed E-state index contributed by atoms with van der Waals surface area (Å²) in [6, 6.07) is 3.32. The van der Waals surface area contributed by atoms with Crippen molar-refractivity contribution in [3.8, 4) is 0 Å². The molecule has 2 amide bonds. The van der Waals surface area contributed by atoms with Crippen molar-refractivity contribution in [3.05, 3.63) is 34.9 Å².